The van der Waals surface area contributed by atoms with Gasteiger partial charge in [0.1, 0.15) is 5.01 Å². The summed E-state index contributed by atoms with van der Waals surface area (Å²) in [6.45, 7) is 2.33. The minimum Gasteiger partial charge on any atom is -0.478 e. The van der Waals surface area contributed by atoms with E-state index in [0.717, 1.165) is 16.0 Å². The van der Waals surface area contributed by atoms with Gasteiger partial charge in [-0.05, 0) is 30.0 Å². The Morgan fingerprint density at radius 2 is 2.30 bits per heavy atom. The number of aliphatic carboxylic acids is 1. The second kappa shape index (κ2) is 6.44. The van der Waals surface area contributed by atoms with Gasteiger partial charge >= 0.3 is 5.97 Å². The summed E-state index contributed by atoms with van der Waals surface area (Å²) in [7, 11) is 0. The summed E-state index contributed by atoms with van der Waals surface area (Å²) < 4.78 is 0. The molecule has 0 aliphatic carbocycles. The summed E-state index contributed by atoms with van der Waals surface area (Å²) in [5.74, 6) is -1.27. The molecule has 0 bridgehead atoms. The lowest BCUT2D eigenvalue weighted by atomic mass is 10.2. The first-order valence-corrected chi connectivity index (χ1v) is 7.44. The van der Waals surface area contributed by atoms with Gasteiger partial charge in [-0.25, -0.2) is 9.78 Å². The minimum absolute atomic E-state index is 0.224. The van der Waals surface area contributed by atoms with Crippen LogP contribution in [-0.2, 0) is 11.3 Å². The van der Waals surface area contributed by atoms with Gasteiger partial charge < -0.3 is 10.4 Å². The highest BCUT2D eigenvalue weighted by Gasteiger charge is 2.12. The maximum atomic E-state index is 12.0. The Balaban J connectivity index is 2.02. The van der Waals surface area contributed by atoms with Gasteiger partial charge in [0.15, 0.2) is 0 Å². The van der Waals surface area contributed by atoms with Crippen LogP contribution in [0, 0.1) is 6.92 Å². The molecule has 104 valence electrons. The third kappa shape index (κ3) is 3.75. The Bertz CT molecular complexity index is 658. The zero-order valence-electron chi connectivity index (χ0n) is 10.6. The highest BCUT2D eigenvalue weighted by atomic mass is 32.1. The van der Waals surface area contributed by atoms with Crippen molar-refractivity contribution in [2.75, 3.05) is 0 Å². The van der Waals surface area contributed by atoms with E-state index < -0.39 is 5.97 Å². The van der Waals surface area contributed by atoms with Crippen LogP contribution in [0.3, 0.4) is 0 Å². The SMILES string of the molecule is Cc1cnc(CNC(=O)c2sccc2/C=C/C(=O)O)s1. The summed E-state index contributed by atoms with van der Waals surface area (Å²) >= 11 is 2.81. The van der Waals surface area contributed by atoms with E-state index in [4.69, 9.17) is 5.11 Å². The number of carbonyl (C=O) groups excluding carboxylic acids is 1. The fraction of sp³-hybridized carbons (Fsp3) is 0.154. The molecule has 0 radical (unpaired) electrons. The molecule has 20 heavy (non-hydrogen) atoms. The van der Waals surface area contributed by atoms with E-state index in [2.05, 4.69) is 10.3 Å². The van der Waals surface area contributed by atoms with Gasteiger partial charge in [0.05, 0.1) is 11.4 Å². The molecule has 2 heterocycles. The summed E-state index contributed by atoms with van der Waals surface area (Å²) in [6.07, 6.45) is 4.20. The Hall–Kier alpha value is -1.99. The Kier molecular flexibility index (Phi) is 4.65. The molecule has 5 nitrogen and oxygen atoms in total. The third-order valence-corrected chi connectivity index (χ3v) is 4.22. The Morgan fingerprint density at radius 1 is 1.50 bits per heavy atom. The number of carboxylic acid groups (broad SMARTS) is 1. The Morgan fingerprint density at radius 3 is 2.95 bits per heavy atom. The number of thiophene rings is 1. The quantitative estimate of drug-likeness (QED) is 0.832. The highest BCUT2D eigenvalue weighted by molar-refractivity contribution is 7.12. The molecule has 0 unspecified atom stereocenters. The molecule has 0 fully saturated rings. The highest BCUT2D eigenvalue weighted by Crippen LogP contribution is 2.19. The predicted octanol–water partition coefficient (Wildman–Crippen LogP) is 2.54. The lowest BCUT2D eigenvalue weighted by Crippen LogP contribution is -2.22. The number of nitrogens with one attached hydrogen (secondary N) is 1. The largest absolute Gasteiger partial charge is 0.478 e. The van der Waals surface area contributed by atoms with E-state index in [0.29, 0.717) is 17.0 Å². The maximum absolute atomic E-state index is 12.0. The van der Waals surface area contributed by atoms with Crippen molar-refractivity contribution < 1.29 is 14.7 Å². The van der Waals surface area contributed by atoms with E-state index in [9.17, 15) is 9.59 Å². The van der Waals surface area contributed by atoms with E-state index in [1.165, 1.54) is 28.7 Å². The van der Waals surface area contributed by atoms with Gasteiger partial charge in [-0.3, -0.25) is 4.79 Å². The van der Waals surface area contributed by atoms with Crippen molar-refractivity contribution in [2.45, 2.75) is 13.5 Å². The standard InChI is InChI=1S/C13H12N2O3S2/c1-8-6-14-10(20-8)7-15-13(18)12-9(4-5-19-12)2-3-11(16)17/h2-6H,7H2,1H3,(H,15,18)(H,16,17)/b3-2+. The zero-order chi connectivity index (χ0) is 14.5. The van der Waals surface area contributed by atoms with Crippen LogP contribution < -0.4 is 5.32 Å². The topological polar surface area (TPSA) is 79.3 Å². The van der Waals surface area contributed by atoms with Gasteiger partial charge in [-0.1, -0.05) is 0 Å². The van der Waals surface area contributed by atoms with E-state index >= 15 is 0 Å². The number of amides is 1. The summed E-state index contributed by atoms with van der Waals surface area (Å²) in [5, 5.41) is 14.0. The van der Waals surface area contributed by atoms with E-state index in [1.807, 2.05) is 6.92 Å². The van der Waals surface area contributed by atoms with Crippen molar-refractivity contribution in [3.05, 3.63) is 44.0 Å². The van der Waals surface area contributed by atoms with Crippen molar-refractivity contribution in [1.29, 1.82) is 0 Å². The number of nitrogens with zero attached hydrogens (tertiary/aromatic N) is 1. The normalized spacial score (nSPS) is 10.8. The molecule has 0 atom stereocenters. The summed E-state index contributed by atoms with van der Waals surface area (Å²) in [5.41, 5.74) is 0.602. The maximum Gasteiger partial charge on any atom is 0.328 e. The molecular weight excluding hydrogens is 296 g/mol. The van der Waals surface area contributed by atoms with Crippen LogP contribution in [0.1, 0.15) is 25.1 Å². The molecule has 2 rings (SSSR count). The molecule has 2 N–H and O–H groups in total. The molecule has 0 saturated heterocycles. The van der Waals surface area contributed by atoms with Crippen LogP contribution in [0.25, 0.3) is 6.08 Å². The average Bonchev–Trinajstić information content (AvgIpc) is 3.02. The van der Waals surface area contributed by atoms with Crippen molar-refractivity contribution in [3.63, 3.8) is 0 Å². The van der Waals surface area contributed by atoms with Gasteiger partial charge in [-0.15, -0.1) is 22.7 Å². The molecule has 0 aliphatic rings. The molecular formula is C13H12N2O3S2. The number of carbonyl (C=O) groups is 2. The first-order valence-electron chi connectivity index (χ1n) is 5.74. The number of rotatable bonds is 5. The summed E-state index contributed by atoms with van der Waals surface area (Å²) in [6, 6.07) is 1.71. The van der Waals surface area contributed by atoms with Crippen molar-refractivity contribution in [2.24, 2.45) is 0 Å². The molecule has 0 spiro atoms. The Labute approximate surface area is 123 Å². The van der Waals surface area contributed by atoms with Crippen LogP contribution in [0.4, 0.5) is 0 Å². The minimum atomic E-state index is -1.04. The molecule has 7 heteroatoms. The zero-order valence-corrected chi connectivity index (χ0v) is 12.3. The smallest absolute Gasteiger partial charge is 0.328 e. The second-order valence-electron chi connectivity index (χ2n) is 3.92. The number of aryl methyl sites for hydroxylation is 1. The fourth-order valence-electron chi connectivity index (χ4n) is 1.52. The molecule has 2 aromatic heterocycles. The van der Waals surface area contributed by atoms with Crippen molar-refractivity contribution in [3.8, 4) is 0 Å². The number of hydrogen-bond acceptors (Lipinski definition) is 5. The fourth-order valence-corrected chi connectivity index (χ4v) is 3.04. The van der Waals surface area contributed by atoms with Gasteiger partial charge in [0, 0.05) is 17.2 Å². The van der Waals surface area contributed by atoms with Crippen LogP contribution in [-0.4, -0.2) is 22.0 Å². The van der Waals surface area contributed by atoms with Crippen molar-refractivity contribution in [1.82, 2.24) is 10.3 Å². The van der Waals surface area contributed by atoms with Crippen LogP contribution >= 0.6 is 22.7 Å². The predicted molar refractivity (Wildman–Crippen MR) is 79.0 cm³/mol. The van der Waals surface area contributed by atoms with Crippen LogP contribution in [0.15, 0.2) is 23.7 Å². The van der Waals surface area contributed by atoms with E-state index in [1.54, 1.807) is 17.6 Å². The van der Waals surface area contributed by atoms with Gasteiger partial charge in [0.2, 0.25) is 0 Å². The molecule has 0 aromatic carbocycles. The molecule has 2 aromatic rings. The van der Waals surface area contributed by atoms with Crippen molar-refractivity contribution >= 4 is 40.6 Å². The number of hydrogen-bond donors (Lipinski definition) is 2. The van der Waals surface area contributed by atoms with Gasteiger partial charge in [0.25, 0.3) is 5.91 Å². The second-order valence-corrected chi connectivity index (χ2v) is 6.16. The van der Waals surface area contributed by atoms with Crippen LogP contribution in [0.5, 0.6) is 0 Å². The third-order valence-electron chi connectivity index (χ3n) is 2.38. The first kappa shape index (κ1) is 14.4. The lowest BCUT2D eigenvalue weighted by Gasteiger charge is -2.02. The van der Waals surface area contributed by atoms with E-state index in [-0.39, 0.29) is 5.91 Å². The monoisotopic (exact) mass is 308 g/mol. The average molecular weight is 308 g/mol. The number of thiazole rings is 1. The molecule has 1 amide bonds. The van der Waals surface area contributed by atoms with Gasteiger partial charge in [-0.2, -0.15) is 0 Å². The molecule has 0 aliphatic heterocycles. The first-order chi connectivity index (χ1) is 9.56. The van der Waals surface area contributed by atoms with Crippen LogP contribution in [0.2, 0.25) is 0 Å². The number of carboxylic acids is 1. The molecule has 0 saturated carbocycles. The lowest BCUT2D eigenvalue weighted by molar-refractivity contribution is -0.131. The number of aromatic nitrogens is 1. The summed E-state index contributed by atoms with van der Waals surface area (Å²) in [4.78, 5) is 28.3.